The van der Waals surface area contributed by atoms with E-state index in [0.717, 1.165) is 22.9 Å². The van der Waals surface area contributed by atoms with E-state index in [1.165, 1.54) is 6.07 Å². The highest BCUT2D eigenvalue weighted by molar-refractivity contribution is 7.14. The first-order valence-corrected chi connectivity index (χ1v) is 6.40. The molecule has 0 aromatic carbocycles. The van der Waals surface area contributed by atoms with Crippen molar-refractivity contribution in [2.45, 2.75) is 6.92 Å². The number of nitrogens with one attached hydrogen (secondary N) is 2. The van der Waals surface area contributed by atoms with Gasteiger partial charge in [0, 0.05) is 11.5 Å². The smallest absolute Gasteiger partial charge is 0.338 e. The number of carbonyl (C=O) groups excluding carboxylic acids is 1. The highest BCUT2D eigenvalue weighted by Crippen LogP contribution is 2.23. The van der Waals surface area contributed by atoms with Crippen molar-refractivity contribution in [3.63, 3.8) is 0 Å². The molecule has 9 heteroatoms. The van der Waals surface area contributed by atoms with E-state index < -0.39 is 12.0 Å². The van der Waals surface area contributed by atoms with Crippen LogP contribution in [0, 0.1) is 6.92 Å². The second-order valence-electron chi connectivity index (χ2n) is 3.19. The van der Waals surface area contributed by atoms with Crippen LogP contribution in [0.3, 0.4) is 0 Å². The van der Waals surface area contributed by atoms with Crippen molar-refractivity contribution in [1.29, 1.82) is 0 Å². The molecule has 0 saturated carbocycles. The maximum atomic E-state index is 11.6. The van der Waals surface area contributed by atoms with Gasteiger partial charge in [-0.25, -0.2) is 14.6 Å². The lowest BCUT2D eigenvalue weighted by atomic mass is 10.3. The Morgan fingerprint density at radius 1 is 1.39 bits per heavy atom. The van der Waals surface area contributed by atoms with Gasteiger partial charge < -0.3 is 5.11 Å². The van der Waals surface area contributed by atoms with Crippen molar-refractivity contribution in [2.24, 2.45) is 0 Å². The Kier molecular flexibility index (Phi) is 3.53. The first-order chi connectivity index (χ1) is 8.56. The van der Waals surface area contributed by atoms with Gasteiger partial charge in [-0.1, -0.05) is 0 Å². The van der Waals surface area contributed by atoms with Gasteiger partial charge in [0.25, 0.3) is 0 Å². The lowest BCUT2D eigenvalue weighted by molar-refractivity contribution is 0.0698. The molecule has 3 N–H and O–H groups in total. The van der Waals surface area contributed by atoms with Crippen molar-refractivity contribution in [3.05, 3.63) is 22.8 Å². The number of carbonyl (C=O) groups is 2. The quantitative estimate of drug-likeness (QED) is 0.801. The van der Waals surface area contributed by atoms with Crippen LogP contribution in [-0.2, 0) is 0 Å². The van der Waals surface area contributed by atoms with Crippen LogP contribution in [0.4, 0.5) is 14.9 Å². The Morgan fingerprint density at radius 2 is 2.17 bits per heavy atom. The molecule has 0 radical (unpaired) electrons. The average molecular weight is 284 g/mol. The normalized spacial score (nSPS) is 10.1. The molecule has 2 aromatic heterocycles. The molecular weight excluding hydrogens is 276 g/mol. The maximum absolute atomic E-state index is 11.6. The highest BCUT2D eigenvalue weighted by atomic mass is 32.1. The molecular formula is C9H8N4O3S2. The van der Waals surface area contributed by atoms with Crippen LogP contribution in [0.15, 0.2) is 11.4 Å². The summed E-state index contributed by atoms with van der Waals surface area (Å²) in [6, 6.07) is 0.883. The van der Waals surface area contributed by atoms with Crippen LogP contribution in [0.25, 0.3) is 0 Å². The maximum Gasteiger partial charge on any atom is 0.338 e. The molecule has 0 unspecified atom stereocenters. The number of hydrogen-bond donors (Lipinski definition) is 3. The van der Waals surface area contributed by atoms with E-state index in [-0.39, 0.29) is 10.6 Å². The number of thiophene rings is 1. The van der Waals surface area contributed by atoms with Gasteiger partial charge in [0.2, 0.25) is 5.13 Å². The molecule has 0 saturated heterocycles. The molecule has 2 aromatic rings. The van der Waals surface area contributed by atoms with E-state index in [9.17, 15) is 9.59 Å². The summed E-state index contributed by atoms with van der Waals surface area (Å²) >= 11 is 2.19. The zero-order valence-corrected chi connectivity index (χ0v) is 10.8. The Hall–Kier alpha value is -2.00. The van der Waals surface area contributed by atoms with Crippen molar-refractivity contribution in [1.82, 2.24) is 9.36 Å². The number of aromatic carboxylic acids is 1. The number of urea groups is 1. The Balaban J connectivity index is 2.03. The summed E-state index contributed by atoms with van der Waals surface area (Å²) in [5.41, 5.74) is 0.0589. The van der Waals surface area contributed by atoms with Crippen molar-refractivity contribution < 1.29 is 14.7 Å². The van der Waals surface area contributed by atoms with Crippen molar-refractivity contribution >= 4 is 45.0 Å². The molecule has 0 spiro atoms. The number of carboxylic acid groups (broad SMARTS) is 1. The molecule has 0 atom stereocenters. The third-order valence-corrected chi connectivity index (χ3v) is 3.42. The number of aryl methyl sites for hydroxylation is 1. The van der Waals surface area contributed by atoms with Gasteiger partial charge in [0.1, 0.15) is 10.8 Å². The second kappa shape index (κ2) is 5.10. The van der Waals surface area contributed by atoms with E-state index in [4.69, 9.17) is 5.11 Å². The van der Waals surface area contributed by atoms with Crippen LogP contribution in [0.2, 0.25) is 0 Å². The number of amides is 2. The van der Waals surface area contributed by atoms with Crippen LogP contribution in [-0.4, -0.2) is 26.5 Å². The van der Waals surface area contributed by atoms with E-state index in [1.54, 1.807) is 12.3 Å². The molecule has 2 rings (SSSR count). The van der Waals surface area contributed by atoms with Gasteiger partial charge in [-0.2, -0.15) is 4.37 Å². The predicted molar refractivity (Wildman–Crippen MR) is 68.6 cm³/mol. The molecule has 2 heterocycles. The largest absolute Gasteiger partial charge is 0.478 e. The molecule has 7 nitrogen and oxygen atoms in total. The van der Waals surface area contributed by atoms with Crippen LogP contribution < -0.4 is 10.6 Å². The number of carboxylic acids is 1. The molecule has 94 valence electrons. The Bertz CT molecular complexity index is 592. The number of aromatic nitrogens is 2. The number of anilines is 2. The standard InChI is InChI=1S/C9H8N4O3S2/c1-4-10-9(18-13-4)12-8(16)11-6-5(7(14)15)2-3-17-6/h2-3H,1H3,(H,14,15)(H2,10,11,12,13,16). The van der Waals surface area contributed by atoms with Gasteiger partial charge in [-0.05, 0) is 18.4 Å². The Labute approximate surface area is 110 Å². The number of rotatable bonds is 3. The van der Waals surface area contributed by atoms with E-state index in [1.807, 2.05) is 0 Å². The third kappa shape index (κ3) is 2.81. The molecule has 0 aliphatic rings. The monoisotopic (exact) mass is 284 g/mol. The van der Waals surface area contributed by atoms with Crippen molar-refractivity contribution in [2.75, 3.05) is 10.6 Å². The summed E-state index contributed by atoms with van der Waals surface area (Å²) in [5.74, 6) is -0.518. The molecule has 0 fully saturated rings. The summed E-state index contributed by atoms with van der Waals surface area (Å²) in [6.45, 7) is 1.71. The van der Waals surface area contributed by atoms with Crippen LogP contribution in [0.5, 0.6) is 0 Å². The minimum atomic E-state index is -1.08. The molecule has 0 aliphatic heterocycles. The topological polar surface area (TPSA) is 104 Å². The Morgan fingerprint density at radius 3 is 2.78 bits per heavy atom. The predicted octanol–water partition coefficient (Wildman–Crippen LogP) is 2.25. The summed E-state index contributed by atoms with van der Waals surface area (Å²) in [7, 11) is 0. The summed E-state index contributed by atoms with van der Waals surface area (Å²) in [4.78, 5) is 26.4. The lowest BCUT2D eigenvalue weighted by Gasteiger charge is -2.03. The van der Waals surface area contributed by atoms with Crippen LogP contribution >= 0.6 is 22.9 Å². The first-order valence-electron chi connectivity index (χ1n) is 4.75. The van der Waals surface area contributed by atoms with Crippen LogP contribution in [0.1, 0.15) is 16.2 Å². The first kappa shape index (κ1) is 12.5. The fourth-order valence-corrected chi connectivity index (χ4v) is 2.50. The van der Waals surface area contributed by atoms with Crippen molar-refractivity contribution in [3.8, 4) is 0 Å². The zero-order chi connectivity index (χ0) is 13.1. The van der Waals surface area contributed by atoms with Gasteiger partial charge in [0.05, 0.1) is 5.56 Å². The van der Waals surface area contributed by atoms with Gasteiger partial charge in [-0.3, -0.25) is 10.6 Å². The number of nitrogens with zero attached hydrogens (tertiary/aromatic N) is 2. The van der Waals surface area contributed by atoms with E-state index in [0.29, 0.717) is 11.0 Å². The fourth-order valence-electron chi connectivity index (χ4n) is 1.15. The SMILES string of the molecule is Cc1nsc(NC(=O)Nc2sccc2C(=O)O)n1. The lowest BCUT2D eigenvalue weighted by Crippen LogP contribution is -2.19. The third-order valence-electron chi connectivity index (χ3n) is 1.87. The summed E-state index contributed by atoms with van der Waals surface area (Å²) in [5, 5.41) is 16.0. The summed E-state index contributed by atoms with van der Waals surface area (Å²) in [6.07, 6.45) is 0. The number of hydrogen-bond acceptors (Lipinski definition) is 6. The van der Waals surface area contributed by atoms with E-state index in [2.05, 4.69) is 20.0 Å². The second-order valence-corrected chi connectivity index (χ2v) is 4.86. The molecule has 0 aliphatic carbocycles. The molecule has 18 heavy (non-hydrogen) atoms. The fraction of sp³-hybridized carbons (Fsp3) is 0.111. The van der Waals surface area contributed by atoms with Gasteiger partial charge in [-0.15, -0.1) is 11.3 Å². The van der Waals surface area contributed by atoms with E-state index >= 15 is 0 Å². The van der Waals surface area contributed by atoms with Gasteiger partial charge >= 0.3 is 12.0 Å². The molecule has 2 amide bonds. The highest BCUT2D eigenvalue weighted by Gasteiger charge is 2.14. The minimum Gasteiger partial charge on any atom is -0.478 e. The minimum absolute atomic E-state index is 0.0589. The summed E-state index contributed by atoms with van der Waals surface area (Å²) < 4.78 is 3.91. The zero-order valence-electron chi connectivity index (χ0n) is 9.13. The van der Waals surface area contributed by atoms with Gasteiger partial charge in [0.15, 0.2) is 0 Å². The average Bonchev–Trinajstić information content (AvgIpc) is 2.87. The molecule has 0 bridgehead atoms.